The largest absolute Gasteiger partial charge is 0.459 e. The highest BCUT2D eigenvalue weighted by Gasteiger charge is 2.24. The van der Waals surface area contributed by atoms with E-state index in [2.05, 4.69) is 34.9 Å². The van der Waals surface area contributed by atoms with E-state index in [1.54, 1.807) is 12.5 Å². The molecule has 0 saturated heterocycles. The smallest absolute Gasteiger partial charge is 0.229 e. The van der Waals surface area contributed by atoms with Gasteiger partial charge in [-0.1, -0.05) is 0 Å². The van der Waals surface area contributed by atoms with Crippen LogP contribution in [-0.4, -0.2) is 36.3 Å². The molecule has 0 amide bonds. The van der Waals surface area contributed by atoms with Crippen molar-refractivity contribution in [2.75, 3.05) is 16.8 Å². The lowest BCUT2D eigenvalue weighted by molar-refractivity contribution is 0.542. The van der Waals surface area contributed by atoms with E-state index in [9.17, 15) is 0 Å². The van der Waals surface area contributed by atoms with Crippen LogP contribution in [0, 0.1) is 0 Å². The number of aromatic amines is 1. The highest BCUT2D eigenvalue weighted by Crippen LogP contribution is 2.30. The van der Waals surface area contributed by atoms with Crippen LogP contribution in [0.3, 0.4) is 0 Å². The van der Waals surface area contributed by atoms with Gasteiger partial charge in [0.15, 0.2) is 11.4 Å². The quantitative estimate of drug-likeness (QED) is 0.419. The van der Waals surface area contributed by atoms with Crippen molar-refractivity contribution in [1.82, 2.24) is 29.7 Å². The Bertz CT molecular complexity index is 1370. The Hall–Kier alpha value is -3.92. The van der Waals surface area contributed by atoms with Gasteiger partial charge < -0.3 is 24.9 Å². The minimum Gasteiger partial charge on any atom is -0.459 e. The van der Waals surface area contributed by atoms with Crippen molar-refractivity contribution in [3.05, 3.63) is 54.4 Å². The number of hydrogen-bond donors (Lipinski definition) is 3. The summed E-state index contributed by atoms with van der Waals surface area (Å²) in [6.07, 6.45) is 5.32. The second kappa shape index (κ2) is 6.56. The summed E-state index contributed by atoms with van der Waals surface area (Å²) in [5.41, 5.74) is 10.2. The molecule has 150 valence electrons. The van der Waals surface area contributed by atoms with E-state index in [-0.39, 0.29) is 0 Å². The molecule has 5 aromatic rings. The molecule has 5 heterocycles. The summed E-state index contributed by atoms with van der Waals surface area (Å²) in [5.74, 6) is 2.18. The Morgan fingerprint density at radius 2 is 2.13 bits per heavy atom. The number of imidazole rings is 1. The third kappa shape index (κ3) is 2.69. The standard InChI is InChI=1S/C20H19N9O/c21-8-17-22-10-14-11-28(4-5-29(14)17)19-18-15(3-6-30-18)25-20(26-19)24-13-2-1-12-9-23-27-16(12)7-13/h1-3,6-7,9-10H,4-5,8,11,21H2,(H,23,27)(H,24,25,26). The van der Waals surface area contributed by atoms with Gasteiger partial charge in [-0.25, -0.2) is 9.97 Å². The number of anilines is 3. The van der Waals surface area contributed by atoms with E-state index >= 15 is 0 Å². The molecule has 4 N–H and O–H groups in total. The number of rotatable bonds is 4. The fraction of sp³-hybridized carbons (Fsp3) is 0.200. The Labute approximate surface area is 170 Å². The van der Waals surface area contributed by atoms with Crippen LogP contribution in [0.2, 0.25) is 0 Å². The Morgan fingerprint density at radius 1 is 1.17 bits per heavy atom. The van der Waals surface area contributed by atoms with Gasteiger partial charge in [-0.3, -0.25) is 5.10 Å². The first kappa shape index (κ1) is 17.0. The van der Waals surface area contributed by atoms with Crippen LogP contribution in [0.4, 0.5) is 17.5 Å². The Morgan fingerprint density at radius 3 is 3.07 bits per heavy atom. The first-order chi connectivity index (χ1) is 14.8. The molecule has 4 aromatic heterocycles. The van der Waals surface area contributed by atoms with Gasteiger partial charge in [-0.15, -0.1) is 0 Å². The molecule has 30 heavy (non-hydrogen) atoms. The molecular formula is C20H19N9O. The highest BCUT2D eigenvalue weighted by atomic mass is 16.3. The number of furan rings is 1. The number of aromatic nitrogens is 6. The van der Waals surface area contributed by atoms with E-state index in [1.807, 2.05) is 30.5 Å². The summed E-state index contributed by atoms with van der Waals surface area (Å²) in [6.45, 7) is 2.69. The molecule has 0 spiro atoms. The van der Waals surface area contributed by atoms with Crippen molar-refractivity contribution < 1.29 is 4.42 Å². The molecule has 0 radical (unpaired) electrons. The molecule has 0 atom stereocenters. The number of nitrogens with zero attached hydrogens (tertiary/aromatic N) is 6. The van der Waals surface area contributed by atoms with Crippen LogP contribution in [0.5, 0.6) is 0 Å². The zero-order valence-corrected chi connectivity index (χ0v) is 16.0. The molecule has 1 aromatic carbocycles. The first-order valence-corrected chi connectivity index (χ1v) is 9.72. The van der Waals surface area contributed by atoms with Gasteiger partial charge >= 0.3 is 0 Å². The normalized spacial score (nSPS) is 13.8. The molecule has 1 aliphatic rings. The fourth-order valence-corrected chi connectivity index (χ4v) is 3.95. The lowest BCUT2D eigenvalue weighted by Crippen LogP contribution is -2.35. The summed E-state index contributed by atoms with van der Waals surface area (Å²) in [5, 5.41) is 11.4. The van der Waals surface area contributed by atoms with Crippen LogP contribution in [0.25, 0.3) is 22.0 Å². The topological polar surface area (TPSA) is 127 Å². The monoisotopic (exact) mass is 401 g/mol. The number of H-pyrrole nitrogens is 1. The van der Waals surface area contributed by atoms with Gasteiger partial charge in [0, 0.05) is 30.2 Å². The number of hydrogen-bond acceptors (Lipinski definition) is 8. The molecule has 0 unspecified atom stereocenters. The summed E-state index contributed by atoms with van der Waals surface area (Å²) >= 11 is 0. The van der Waals surface area contributed by atoms with Crippen LogP contribution in [0.15, 0.2) is 47.3 Å². The van der Waals surface area contributed by atoms with Crippen molar-refractivity contribution in [1.29, 1.82) is 0 Å². The van der Waals surface area contributed by atoms with Crippen molar-refractivity contribution in [3.8, 4) is 0 Å². The van der Waals surface area contributed by atoms with E-state index < -0.39 is 0 Å². The van der Waals surface area contributed by atoms with Gasteiger partial charge in [0.25, 0.3) is 0 Å². The molecule has 6 rings (SSSR count). The van der Waals surface area contributed by atoms with Gasteiger partial charge in [0.05, 0.1) is 43.0 Å². The lowest BCUT2D eigenvalue weighted by Gasteiger charge is -2.29. The first-order valence-electron chi connectivity index (χ1n) is 9.72. The molecule has 10 nitrogen and oxygen atoms in total. The van der Waals surface area contributed by atoms with Crippen molar-refractivity contribution in [3.63, 3.8) is 0 Å². The minimum absolute atomic E-state index is 0.435. The summed E-state index contributed by atoms with van der Waals surface area (Å²) in [7, 11) is 0. The second-order valence-corrected chi connectivity index (χ2v) is 7.25. The highest BCUT2D eigenvalue weighted by molar-refractivity contribution is 5.86. The number of nitrogens with one attached hydrogen (secondary N) is 2. The lowest BCUT2D eigenvalue weighted by atomic mass is 10.2. The van der Waals surface area contributed by atoms with Crippen molar-refractivity contribution in [2.24, 2.45) is 5.73 Å². The molecule has 0 bridgehead atoms. The average molecular weight is 401 g/mol. The van der Waals surface area contributed by atoms with Crippen LogP contribution in [-0.2, 0) is 19.6 Å². The predicted octanol–water partition coefficient (Wildman–Crippen LogP) is 2.52. The summed E-state index contributed by atoms with van der Waals surface area (Å²) in [4.78, 5) is 16.0. The molecule has 10 heteroatoms. The van der Waals surface area contributed by atoms with Gasteiger partial charge in [-0.2, -0.15) is 10.1 Å². The molecular weight excluding hydrogens is 382 g/mol. The van der Waals surface area contributed by atoms with Crippen LogP contribution >= 0.6 is 0 Å². The third-order valence-electron chi connectivity index (χ3n) is 5.43. The van der Waals surface area contributed by atoms with E-state index in [1.165, 1.54) is 0 Å². The maximum Gasteiger partial charge on any atom is 0.229 e. The molecule has 0 fully saturated rings. The maximum absolute atomic E-state index is 5.80. The second-order valence-electron chi connectivity index (χ2n) is 7.25. The SMILES string of the molecule is NCc1ncc2n1CCN(c1nc(Nc3ccc4cn[nH]c4c3)nc3ccoc13)C2. The Kier molecular flexibility index (Phi) is 3.71. The fourth-order valence-electron chi connectivity index (χ4n) is 3.95. The predicted molar refractivity (Wildman–Crippen MR) is 112 cm³/mol. The number of fused-ring (bicyclic) bond motifs is 3. The molecule has 0 saturated carbocycles. The maximum atomic E-state index is 5.80. The number of nitrogens with two attached hydrogens (primary N) is 1. The zero-order valence-electron chi connectivity index (χ0n) is 16.0. The zero-order chi connectivity index (χ0) is 20.1. The van der Waals surface area contributed by atoms with Crippen LogP contribution in [0.1, 0.15) is 11.5 Å². The summed E-state index contributed by atoms with van der Waals surface area (Å²) < 4.78 is 7.90. The molecule has 1 aliphatic heterocycles. The van der Waals surface area contributed by atoms with Crippen LogP contribution < -0.4 is 16.0 Å². The van der Waals surface area contributed by atoms with Gasteiger partial charge in [0.1, 0.15) is 11.3 Å². The number of benzene rings is 1. The van der Waals surface area contributed by atoms with E-state index in [0.29, 0.717) is 24.6 Å². The van der Waals surface area contributed by atoms with E-state index in [4.69, 9.17) is 15.1 Å². The Balaban J connectivity index is 1.36. The van der Waals surface area contributed by atoms with Gasteiger partial charge in [-0.05, 0) is 18.2 Å². The summed E-state index contributed by atoms with van der Waals surface area (Å²) in [6, 6.07) is 7.82. The molecule has 0 aliphatic carbocycles. The average Bonchev–Trinajstić information content (AvgIpc) is 3.51. The van der Waals surface area contributed by atoms with Crippen molar-refractivity contribution in [2.45, 2.75) is 19.6 Å². The van der Waals surface area contributed by atoms with Crippen molar-refractivity contribution >= 4 is 39.5 Å². The van der Waals surface area contributed by atoms with Gasteiger partial charge in [0.2, 0.25) is 5.95 Å². The minimum atomic E-state index is 0.435. The van der Waals surface area contributed by atoms with E-state index in [0.717, 1.165) is 52.5 Å². The third-order valence-corrected chi connectivity index (χ3v) is 5.43.